The maximum Gasteiger partial charge on any atom is 0.491 e. The van der Waals surface area contributed by atoms with Crippen LogP contribution in [0.5, 0.6) is 5.75 Å². The van der Waals surface area contributed by atoms with Crippen molar-refractivity contribution in [2.75, 3.05) is 0 Å². The number of ether oxygens (including phenoxy) is 1. The summed E-state index contributed by atoms with van der Waals surface area (Å²) in [5.74, 6) is -1.03. The van der Waals surface area contributed by atoms with Gasteiger partial charge in [0.05, 0.1) is 6.61 Å². The molecule has 15 heavy (non-hydrogen) atoms. The molecule has 0 radical (unpaired) electrons. The fourth-order valence-corrected chi connectivity index (χ4v) is 1.41. The van der Waals surface area contributed by atoms with Crippen LogP contribution in [0.3, 0.4) is 0 Å². The Morgan fingerprint density at radius 1 is 1.67 bits per heavy atom. The van der Waals surface area contributed by atoms with Crippen LogP contribution < -0.4 is 15.9 Å². The van der Waals surface area contributed by atoms with Gasteiger partial charge in [0.1, 0.15) is 0 Å². The zero-order valence-corrected chi connectivity index (χ0v) is 7.57. The summed E-state index contributed by atoms with van der Waals surface area (Å²) in [4.78, 5) is 10.4. The third-order valence-electron chi connectivity index (χ3n) is 2.07. The molecular formula is C8H7BFNO4. The molecule has 1 aromatic carbocycles. The van der Waals surface area contributed by atoms with Crippen LogP contribution in [0.25, 0.3) is 0 Å². The van der Waals surface area contributed by atoms with Gasteiger partial charge in [0.25, 0.3) is 0 Å². The summed E-state index contributed by atoms with van der Waals surface area (Å²) in [5.41, 5.74) is 5.66. The van der Waals surface area contributed by atoms with Crippen molar-refractivity contribution in [1.82, 2.24) is 0 Å². The van der Waals surface area contributed by atoms with Gasteiger partial charge in [0.2, 0.25) is 0 Å². The number of amides is 1. The monoisotopic (exact) mass is 211 g/mol. The topological polar surface area (TPSA) is 81.8 Å². The first-order valence-corrected chi connectivity index (χ1v) is 4.17. The quantitative estimate of drug-likeness (QED) is 0.613. The first kappa shape index (κ1) is 9.94. The molecule has 1 aliphatic rings. The first-order valence-electron chi connectivity index (χ1n) is 4.17. The fourth-order valence-electron chi connectivity index (χ4n) is 1.41. The van der Waals surface area contributed by atoms with E-state index in [-0.39, 0.29) is 12.4 Å². The Morgan fingerprint density at radius 2 is 2.40 bits per heavy atom. The molecule has 78 valence electrons. The number of carbonyl (C=O) groups excluding carboxylic acids is 1. The van der Waals surface area contributed by atoms with Crippen LogP contribution in [0.4, 0.5) is 9.18 Å². The second kappa shape index (κ2) is 3.52. The lowest BCUT2D eigenvalue weighted by atomic mass is 9.79. The van der Waals surface area contributed by atoms with E-state index in [0.29, 0.717) is 11.0 Å². The fraction of sp³-hybridized carbons (Fsp3) is 0.125. The summed E-state index contributed by atoms with van der Waals surface area (Å²) in [7, 11) is -1.11. The highest BCUT2D eigenvalue weighted by Gasteiger charge is 2.29. The summed E-state index contributed by atoms with van der Waals surface area (Å²) >= 11 is 0. The predicted molar refractivity (Wildman–Crippen MR) is 49.0 cm³/mol. The number of carbonyl (C=O) groups is 1. The number of benzene rings is 1. The molecule has 0 atom stereocenters. The van der Waals surface area contributed by atoms with Crippen molar-refractivity contribution in [2.24, 2.45) is 5.73 Å². The Labute approximate surface area is 84.7 Å². The minimum atomic E-state index is -1.11. The molecule has 0 aromatic heterocycles. The molecule has 0 fully saturated rings. The summed E-state index contributed by atoms with van der Waals surface area (Å²) in [6.07, 6.45) is -1.11. The molecule has 5 nitrogen and oxygen atoms in total. The molecule has 7 heteroatoms. The van der Waals surface area contributed by atoms with E-state index >= 15 is 0 Å². The number of hydrogen-bond acceptors (Lipinski definition) is 4. The van der Waals surface area contributed by atoms with Gasteiger partial charge in [-0.2, -0.15) is 0 Å². The molecule has 0 saturated carbocycles. The average Bonchev–Trinajstić information content (AvgIpc) is 2.48. The molecule has 0 spiro atoms. The van der Waals surface area contributed by atoms with E-state index in [1.165, 1.54) is 6.07 Å². The zero-order chi connectivity index (χ0) is 11.0. The van der Waals surface area contributed by atoms with E-state index in [4.69, 9.17) is 10.4 Å². The van der Waals surface area contributed by atoms with Crippen LogP contribution in [0, 0.1) is 5.82 Å². The van der Waals surface area contributed by atoms with Crippen LogP contribution in [0.15, 0.2) is 12.1 Å². The number of fused-ring (bicyclic) bond motifs is 1. The Hall–Kier alpha value is -1.60. The molecule has 1 heterocycles. The van der Waals surface area contributed by atoms with E-state index in [1.807, 2.05) is 0 Å². The van der Waals surface area contributed by atoms with Crippen molar-refractivity contribution in [1.29, 1.82) is 0 Å². The minimum absolute atomic E-state index is 0.129. The summed E-state index contributed by atoms with van der Waals surface area (Å²) in [6, 6.07) is 2.34. The molecule has 1 aliphatic heterocycles. The van der Waals surface area contributed by atoms with Gasteiger partial charge in [0.15, 0.2) is 11.6 Å². The third-order valence-corrected chi connectivity index (χ3v) is 2.07. The van der Waals surface area contributed by atoms with Gasteiger partial charge >= 0.3 is 13.2 Å². The van der Waals surface area contributed by atoms with Crippen LogP contribution in [-0.4, -0.2) is 18.2 Å². The van der Waals surface area contributed by atoms with Crippen molar-refractivity contribution in [2.45, 2.75) is 6.61 Å². The Bertz CT molecular complexity index is 425. The van der Waals surface area contributed by atoms with Gasteiger partial charge in [0, 0.05) is 0 Å². The van der Waals surface area contributed by atoms with Crippen LogP contribution in [0.1, 0.15) is 5.56 Å². The van der Waals surface area contributed by atoms with Crippen molar-refractivity contribution >= 4 is 18.7 Å². The highest BCUT2D eigenvalue weighted by atomic mass is 19.1. The molecular weight excluding hydrogens is 204 g/mol. The Morgan fingerprint density at radius 3 is 3.07 bits per heavy atom. The van der Waals surface area contributed by atoms with Crippen LogP contribution in [-0.2, 0) is 11.3 Å². The smallest absolute Gasteiger partial charge is 0.423 e. The van der Waals surface area contributed by atoms with E-state index in [1.54, 1.807) is 0 Å². The van der Waals surface area contributed by atoms with Crippen molar-refractivity contribution < 1.29 is 23.6 Å². The van der Waals surface area contributed by atoms with Gasteiger partial charge in [-0.25, -0.2) is 9.18 Å². The maximum atomic E-state index is 13.3. The summed E-state index contributed by atoms with van der Waals surface area (Å²) < 4.78 is 22.5. The number of rotatable bonds is 1. The van der Waals surface area contributed by atoms with E-state index in [0.717, 1.165) is 6.07 Å². The number of primary amides is 1. The van der Waals surface area contributed by atoms with Crippen LogP contribution in [0.2, 0.25) is 0 Å². The standard InChI is InChI=1S/C8H7BFNO4/c10-6-1-4-3-14-9(13)5(4)2-7(6)15-8(11)12/h1-2,13H,3H2,(H2,11,12). The SMILES string of the molecule is NC(=O)Oc1cc2c(cc1F)COB2O. The lowest BCUT2D eigenvalue weighted by molar-refractivity contribution is 0.208. The van der Waals surface area contributed by atoms with Gasteiger partial charge in [-0.15, -0.1) is 0 Å². The first-order chi connectivity index (χ1) is 7.08. The predicted octanol–water partition coefficient (Wildman–Crippen LogP) is -0.499. The van der Waals surface area contributed by atoms with Gasteiger partial charge in [-0.1, -0.05) is 0 Å². The third kappa shape index (κ3) is 1.79. The summed E-state index contributed by atoms with van der Waals surface area (Å²) in [5, 5.41) is 9.31. The number of hydrogen-bond donors (Lipinski definition) is 2. The molecule has 0 aliphatic carbocycles. The van der Waals surface area contributed by atoms with E-state index in [9.17, 15) is 14.2 Å². The van der Waals surface area contributed by atoms with Gasteiger partial charge < -0.3 is 20.1 Å². The molecule has 2 rings (SSSR count). The Balaban J connectivity index is 2.41. The van der Waals surface area contributed by atoms with Crippen molar-refractivity contribution in [3.8, 4) is 5.75 Å². The van der Waals surface area contributed by atoms with Gasteiger partial charge in [-0.05, 0) is 23.2 Å². The normalized spacial score (nSPS) is 13.9. The van der Waals surface area contributed by atoms with E-state index < -0.39 is 19.0 Å². The molecule has 0 saturated heterocycles. The molecule has 0 unspecified atom stereocenters. The highest BCUT2D eigenvalue weighted by Crippen LogP contribution is 2.20. The summed E-state index contributed by atoms with van der Waals surface area (Å²) in [6.45, 7) is 0.129. The number of nitrogens with two attached hydrogens (primary N) is 1. The lowest BCUT2D eigenvalue weighted by Gasteiger charge is -2.05. The minimum Gasteiger partial charge on any atom is -0.423 e. The second-order valence-electron chi connectivity index (χ2n) is 3.07. The molecule has 0 bridgehead atoms. The largest absolute Gasteiger partial charge is 0.491 e. The molecule has 1 amide bonds. The molecule has 3 N–H and O–H groups in total. The maximum absolute atomic E-state index is 13.3. The van der Waals surface area contributed by atoms with Crippen LogP contribution >= 0.6 is 0 Å². The number of halogens is 1. The molecule has 1 aromatic rings. The average molecular weight is 211 g/mol. The highest BCUT2D eigenvalue weighted by molar-refractivity contribution is 6.61. The van der Waals surface area contributed by atoms with Crippen molar-refractivity contribution in [3.63, 3.8) is 0 Å². The zero-order valence-electron chi connectivity index (χ0n) is 7.57. The second-order valence-corrected chi connectivity index (χ2v) is 3.07. The van der Waals surface area contributed by atoms with E-state index in [2.05, 4.69) is 4.74 Å². The van der Waals surface area contributed by atoms with Crippen molar-refractivity contribution in [3.05, 3.63) is 23.5 Å². The lowest BCUT2D eigenvalue weighted by Crippen LogP contribution is -2.29. The van der Waals surface area contributed by atoms with Gasteiger partial charge in [-0.3, -0.25) is 0 Å². The Kier molecular flexibility index (Phi) is 2.33.